The van der Waals surface area contributed by atoms with Crippen LogP contribution < -0.4 is 5.32 Å². The first-order valence-corrected chi connectivity index (χ1v) is 5.46. The summed E-state index contributed by atoms with van der Waals surface area (Å²) >= 11 is 0. The lowest BCUT2D eigenvalue weighted by Crippen LogP contribution is -2.36. The Kier molecular flexibility index (Phi) is 1.97. The van der Waals surface area contributed by atoms with E-state index < -0.39 is 15.8 Å². The highest BCUT2D eigenvalue weighted by atomic mass is 32.2. The topological polar surface area (TPSA) is 49.4 Å². The van der Waals surface area contributed by atoms with Crippen LogP contribution in [0.3, 0.4) is 0 Å². The number of anilines is 1. The number of hydrogen-bond acceptors (Lipinski definition) is 3. The van der Waals surface area contributed by atoms with Crippen LogP contribution in [-0.2, 0) is 10.0 Å². The fourth-order valence-corrected chi connectivity index (χ4v) is 2.58. The molecule has 0 aromatic heterocycles. The second kappa shape index (κ2) is 2.93. The molecule has 0 spiro atoms. The maximum atomic E-state index is 13.2. The molecule has 0 unspecified atom stereocenters. The Hall–Kier alpha value is -1.14. The van der Waals surface area contributed by atoms with Crippen molar-refractivity contribution < 1.29 is 12.8 Å². The zero-order valence-corrected chi connectivity index (χ0v) is 8.31. The Morgan fingerprint density at radius 2 is 2.21 bits per heavy atom. The highest BCUT2D eigenvalue weighted by Crippen LogP contribution is 2.29. The zero-order valence-electron chi connectivity index (χ0n) is 7.49. The number of fused-ring (bicyclic) bond motifs is 1. The number of rotatable bonds is 0. The molecule has 0 fully saturated rings. The van der Waals surface area contributed by atoms with E-state index in [1.165, 1.54) is 25.2 Å². The molecule has 0 aliphatic carbocycles. The summed E-state index contributed by atoms with van der Waals surface area (Å²) in [7, 11) is -2.07. The van der Waals surface area contributed by atoms with Gasteiger partial charge in [-0.3, -0.25) is 0 Å². The predicted molar refractivity (Wildman–Crippen MR) is 49.8 cm³/mol. The smallest absolute Gasteiger partial charge is 0.246 e. The van der Waals surface area contributed by atoms with Crippen molar-refractivity contribution in [1.82, 2.24) is 4.31 Å². The SMILES string of the molecule is CN1CNc2c(F)cccc2S1(=O)=O. The summed E-state index contributed by atoms with van der Waals surface area (Å²) in [5.74, 6) is -0.542. The fourth-order valence-electron chi connectivity index (χ4n) is 1.33. The van der Waals surface area contributed by atoms with Crippen LogP contribution in [0.4, 0.5) is 10.1 Å². The molecule has 0 saturated heterocycles. The molecule has 1 aliphatic rings. The number of sulfonamides is 1. The van der Waals surface area contributed by atoms with Crippen LogP contribution in [0, 0.1) is 5.82 Å². The van der Waals surface area contributed by atoms with Crippen LogP contribution in [0.2, 0.25) is 0 Å². The summed E-state index contributed by atoms with van der Waals surface area (Å²) < 4.78 is 37.7. The van der Waals surface area contributed by atoms with Gasteiger partial charge < -0.3 is 5.32 Å². The minimum absolute atomic E-state index is 0.00810. The maximum absolute atomic E-state index is 13.2. The van der Waals surface area contributed by atoms with E-state index in [1.54, 1.807) is 0 Å². The summed E-state index contributed by atoms with van der Waals surface area (Å²) in [6.45, 7) is 0.0935. The van der Waals surface area contributed by atoms with Gasteiger partial charge in [0.25, 0.3) is 0 Å². The number of halogens is 1. The standard InChI is InChI=1S/C8H9FN2O2S/c1-11-5-10-8-6(9)3-2-4-7(8)14(11,12)13/h2-4,10H,5H2,1H3. The highest BCUT2D eigenvalue weighted by molar-refractivity contribution is 7.89. The van der Waals surface area contributed by atoms with Gasteiger partial charge in [0.15, 0.2) is 0 Å². The molecule has 0 saturated carbocycles. The Morgan fingerprint density at radius 1 is 1.50 bits per heavy atom. The second-order valence-corrected chi connectivity index (χ2v) is 5.06. The second-order valence-electron chi connectivity index (χ2n) is 3.05. The van der Waals surface area contributed by atoms with Gasteiger partial charge in [0.1, 0.15) is 10.7 Å². The van der Waals surface area contributed by atoms with E-state index in [-0.39, 0.29) is 17.3 Å². The molecule has 1 N–H and O–H groups in total. The average molecular weight is 216 g/mol. The minimum Gasteiger partial charge on any atom is -0.368 e. The first-order valence-electron chi connectivity index (χ1n) is 4.02. The molecule has 4 nitrogen and oxygen atoms in total. The van der Waals surface area contributed by atoms with Crippen LogP contribution in [-0.4, -0.2) is 26.4 Å². The molecular formula is C8H9FN2O2S. The lowest BCUT2D eigenvalue weighted by molar-refractivity contribution is 0.478. The van der Waals surface area contributed by atoms with Gasteiger partial charge in [-0.2, -0.15) is 4.31 Å². The van der Waals surface area contributed by atoms with Crippen molar-refractivity contribution in [3.63, 3.8) is 0 Å². The van der Waals surface area contributed by atoms with E-state index in [0.717, 1.165) is 4.31 Å². The molecule has 6 heteroatoms. The Morgan fingerprint density at radius 3 is 2.93 bits per heavy atom. The molecule has 0 amide bonds. The summed E-state index contributed by atoms with van der Waals surface area (Å²) in [6.07, 6.45) is 0. The highest BCUT2D eigenvalue weighted by Gasteiger charge is 2.29. The van der Waals surface area contributed by atoms with Gasteiger partial charge in [0, 0.05) is 7.05 Å². The van der Waals surface area contributed by atoms with Crippen molar-refractivity contribution in [3.8, 4) is 0 Å². The Bertz CT molecular complexity index is 472. The largest absolute Gasteiger partial charge is 0.368 e. The van der Waals surface area contributed by atoms with Crippen molar-refractivity contribution >= 4 is 15.7 Å². The van der Waals surface area contributed by atoms with Gasteiger partial charge in [-0.1, -0.05) is 6.07 Å². The molecule has 1 aliphatic heterocycles. The molecule has 0 bridgehead atoms. The molecule has 0 atom stereocenters. The minimum atomic E-state index is -3.51. The molecule has 14 heavy (non-hydrogen) atoms. The molecule has 1 aromatic carbocycles. The average Bonchev–Trinajstić information content (AvgIpc) is 2.13. The van der Waals surface area contributed by atoms with Gasteiger partial charge >= 0.3 is 0 Å². The zero-order chi connectivity index (χ0) is 10.3. The van der Waals surface area contributed by atoms with Gasteiger partial charge in [0.2, 0.25) is 10.0 Å². The van der Waals surface area contributed by atoms with Gasteiger partial charge in [-0.15, -0.1) is 0 Å². The van der Waals surface area contributed by atoms with Crippen molar-refractivity contribution in [1.29, 1.82) is 0 Å². The number of nitrogens with zero attached hydrogens (tertiary/aromatic N) is 1. The third-order valence-electron chi connectivity index (χ3n) is 2.14. The fraction of sp³-hybridized carbons (Fsp3) is 0.250. The molecule has 2 rings (SSSR count). The van der Waals surface area contributed by atoms with E-state index in [4.69, 9.17) is 0 Å². The van der Waals surface area contributed by atoms with E-state index in [2.05, 4.69) is 5.32 Å². The molecular weight excluding hydrogens is 207 g/mol. The number of benzene rings is 1. The first kappa shape index (κ1) is 9.42. The Labute approximate surface area is 81.4 Å². The predicted octanol–water partition coefficient (Wildman–Crippen LogP) is 0.829. The van der Waals surface area contributed by atoms with Crippen LogP contribution in [0.5, 0.6) is 0 Å². The number of para-hydroxylation sites is 1. The third-order valence-corrected chi connectivity index (χ3v) is 3.99. The summed E-state index contributed by atoms with van der Waals surface area (Å²) in [4.78, 5) is -0.00810. The lowest BCUT2D eigenvalue weighted by atomic mass is 10.3. The molecule has 1 heterocycles. The first-order chi connectivity index (χ1) is 6.53. The maximum Gasteiger partial charge on any atom is 0.246 e. The van der Waals surface area contributed by atoms with Crippen molar-refractivity contribution in [2.45, 2.75) is 4.90 Å². The van der Waals surface area contributed by atoms with E-state index in [9.17, 15) is 12.8 Å². The van der Waals surface area contributed by atoms with Gasteiger partial charge in [-0.25, -0.2) is 12.8 Å². The van der Waals surface area contributed by atoms with Crippen LogP contribution in [0.25, 0.3) is 0 Å². The summed E-state index contributed by atoms with van der Waals surface area (Å²) in [6, 6.07) is 4.00. The Balaban J connectivity index is 2.71. The van der Waals surface area contributed by atoms with Crippen molar-refractivity contribution in [3.05, 3.63) is 24.0 Å². The molecule has 76 valence electrons. The molecule has 1 aromatic rings. The van der Waals surface area contributed by atoms with Gasteiger partial charge in [0.05, 0.1) is 12.4 Å². The summed E-state index contributed by atoms with van der Waals surface area (Å²) in [5.41, 5.74) is 0.0607. The quantitative estimate of drug-likeness (QED) is 0.698. The number of hydrogen-bond donors (Lipinski definition) is 1. The van der Waals surface area contributed by atoms with Crippen molar-refractivity contribution in [2.24, 2.45) is 0 Å². The van der Waals surface area contributed by atoms with E-state index in [0.29, 0.717) is 0 Å². The van der Waals surface area contributed by atoms with Crippen LogP contribution in [0.1, 0.15) is 0 Å². The molecule has 0 radical (unpaired) electrons. The van der Waals surface area contributed by atoms with Crippen molar-refractivity contribution in [2.75, 3.05) is 19.0 Å². The van der Waals surface area contributed by atoms with Gasteiger partial charge in [-0.05, 0) is 12.1 Å². The van der Waals surface area contributed by atoms with Crippen LogP contribution in [0.15, 0.2) is 23.1 Å². The third kappa shape index (κ3) is 1.18. The lowest BCUT2D eigenvalue weighted by Gasteiger charge is -2.26. The van der Waals surface area contributed by atoms with E-state index in [1.807, 2.05) is 0 Å². The number of nitrogens with one attached hydrogen (secondary N) is 1. The summed E-state index contributed by atoms with van der Waals surface area (Å²) in [5, 5.41) is 2.71. The van der Waals surface area contributed by atoms with E-state index >= 15 is 0 Å². The monoisotopic (exact) mass is 216 g/mol. The normalized spacial score (nSPS) is 19.9. The van der Waals surface area contributed by atoms with Crippen LogP contribution >= 0.6 is 0 Å².